The third-order valence-electron chi connectivity index (χ3n) is 3.53. The van der Waals surface area contributed by atoms with Crippen LogP contribution in [0.3, 0.4) is 0 Å². The molecule has 2 amide bonds. The molecule has 0 atom stereocenters. The Morgan fingerprint density at radius 2 is 1.68 bits per heavy atom. The number of carbonyl (C=O) groups excluding carboxylic acids is 1. The number of amides is 2. The molecule has 0 spiro atoms. The van der Waals surface area contributed by atoms with Gasteiger partial charge < -0.3 is 5.32 Å². The fraction of sp³-hybridized carbons (Fsp3) is 0. The zero-order valence-corrected chi connectivity index (χ0v) is 13.0. The molecule has 0 unspecified atom stereocenters. The van der Waals surface area contributed by atoms with Gasteiger partial charge in [0.1, 0.15) is 0 Å². The van der Waals surface area contributed by atoms with E-state index in [2.05, 4.69) is 15.8 Å². The van der Waals surface area contributed by atoms with Gasteiger partial charge in [-0.25, -0.2) is 10.2 Å². The number of hydrogen-bond acceptors (Lipinski definition) is 4. The smallest absolute Gasteiger partial charge is 0.307 e. The van der Waals surface area contributed by atoms with E-state index in [0.29, 0.717) is 22.0 Å². The Morgan fingerprint density at radius 1 is 0.960 bits per heavy atom. The first-order chi connectivity index (χ1) is 12.1. The predicted octanol–water partition coefficient (Wildman–Crippen LogP) is 3.90. The summed E-state index contributed by atoms with van der Waals surface area (Å²) < 4.78 is 0. The van der Waals surface area contributed by atoms with Crippen LogP contribution in [0.4, 0.5) is 16.2 Å². The lowest BCUT2D eigenvalue weighted by atomic mass is 10.0. The minimum atomic E-state index is -0.478. The standard InChI is InChI=1S/C18H14N4O3/c23-18(20-14-7-2-1-3-8-14)21-19-12-13-6-4-10-16-15(13)9-5-11-17(16)22(24)25/h1-12H,(H2,20,21,23)/b19-12-. The van der Waals surface area contributed by atoms with Crippen LogP contribution in [0.1, 0.15) is 5.56 Å². The SMILES string of the molecule is O=C(N/N=C\c1cccc2c([N+](=O)[O-])cccc12)Nc1ccccc1. The maximum absolute atomic E-state index is 11.8. The lowest BCUT2D eigenvalue weighted by Crippen LogP contribution is -2.24. The minimum Gasteiger partial charge on any atom is -0.307 e. The van der Waals surface area contributed by atoms with Gasteiger partial charge in [-0.2, -0.15) is 5.10 Å². The molecule has 7 heteroatoms. The Morgan fingerprint density at radius 3 is 2.44 bits per heavy atom. The Kier molecular flexibility index (Phi) is 4.66. The molecule has 0 radical (unpaired) electrons. The highest BCUT2D eigenvalue weighted by atomic mass is 16.6. The van der Waals surface area contributed by atoms with Crippen LogP contribution in [-0.2, 0) is 0 Å². The first kappa shape index (κ1) is 16.1. The number of nitrogens with zero attached hydrogens (tertiary/aromatic N) is 2. The third kappa shape index (κ3) is 3.78. The average molecular weight is 334 g/mol. The summed E-state index contributed by atoms with van der Waals surface area (Å²) in [4.78, 5) is 22.5. The van der Waals surface area contributed by atoms with Gasteiger partial charge in [0.25, 0.3) is 5.69 Å². The summed E-state index contributed by atoms with van der Waals surface area (Å²) in [5, 5.41) is 18.9. The van der Waals surface area contributed by atoms with Gasteiger partial charge in [0.15, 0.2) is 0 Å². The molecule has 0 aromatic heterocycles. The molecule has 25 heavy (non-hydrogen) atoms. The highest BCUT2D eigenvalue weighted by molar-refractivity contribution is 6.03. The number of nitro benzene ring substituents is 1. The quantitative estimate of drug-likeness (QED) is 0.430. The topological polar surface area (TPSA) is 96.6 Å². The fourth-order valence-corrected chi connectivity index (χ4v) is 2.43. The van der Waals surface area contributed by atoms with Crippen LogP contribution >= 0.6 is 0 Å². The second-order valence-corrected chi connectivity index (χ2v) is 5.17. The molecule has 3 aromatic carbocycles. The number of hydrogen-bond donors (Lipinski definition) is 2. The largest absolute Gasteiger partial charge is 0.339 e. The number of para-hydroxylation sites is 1. The van der Waals surface area contributed by atoms with E-state index in [1.807, 2.05) is 18.2 Å². The van der Waals surface area contributed by atoms with Crippen molar-refractivity contribution < 1.29 is 9.72 Å². The summed E-state index contributed by atoms with van der Waals surface area (Å²) in [6.45, 7) is 0. The Labute approximate surface area is 143 Å². The van der Waals surface area contributed by atoms with Crippen LogP contribution < -0.4 is 10.7 Å². The second kappa shape index (κ2) is 7.22. The molecule has 3 rings (SSSR count). The molecule has 124 valence electrons. The van der Waals surface area contributed by atoms with E-state index in [9.17, 15) is 14.9 Å². The van der Waals surface area contributed by atoms with E-state index in [-0.39, 0.29) is 5.69 Å². The third-order valence-corrected chi connectivity index (χ3v) is 3.53. The van der Waals surface area contributed by atoms with Crippen LogP contribution in [0.2, 0.25) is 0 Å². The van der Waals surface area contributed by atoms with E-state index in [0.717, 1.165) is 0 Å². The van der Waals surface area contributed by atoms with E-state index < -0.39 is 11.0 Å². The summed E-state index contributed by atoms with van der Waals surface area (Å²) >= 11 is 0. The molecule has 0 heterocycles. The van der Waals surface area contributed by atoms with Crippen molar-refractivity contribution in [1.29, 1.82) is 0 Å². The van der Waals surface area contributed by atoms with Crippen molar-refractivity contribution in [3.63, 3.8) is 0 Å². The number of non-ortho nitro benzene ring substituents is 1. The van der Waals surface area contributed by atoms with Crippen LogP contribution in [0.5, 0.6) is 0 Å². The maximum atomic E-state index is 11.8. The first-order valence-corrected chi connectivity index (χ1v) is 7.46. The van der Waals surface area contributed by atoms with Crippen LogP contribution in [0.25, 0.3) is 10.8 Å². The molecule has 0 aliphatic rings. The number of fused-ring (bicyclic) bond motifs is 1. The van der Waals surface area contributed by atoms with E-state index in [4.69, 9.17) is 0 Å². The molecule has 0 saturated carbocycles. The van der Waals surface area contributed by atoms with Crippen molar-refractivity contribution in [3.8, 4) is 0 Å². The van der Waals surface area contributed by atoms with Crippen molar-refractivity contribution in [2.45, 2.75) is 0 Å². The van der Waals surface area contributed by atoms with E-state index in [1.54, 1.807) is 42.5 Å². The van der Waals surface area contributed by atoms with Crippen molar-refractivity contribution >= 4 is 34.4 Å². The molecule has 3 aromatic rings. The maximum Gasteiger partial charge on any atom is 0.339 e. The highest BCUT2D eigenvalue weighted by Gasteiger charge is 2.12. The number of hydrazone groups is 1. The van der Waals surface area contributed by atoms with Crippen LogP contribution in [0.15, 0.2) is 71.8 Å². The molecule has 0 bridgehead atoms. The normalized spacial score (nSPS) is 10.7. The number of benzene rings is 3. The fourth-order valence-electron chi connectivity index (χ4n) is 2.43. The number of urea groups is 1. The van der Waals surface area contributed by atoms with Gasteiger partial charge in [0.05, 0.1) is 16.5 Å². The van der Waals surface area contributed by atoms with Crippen LogP contribution in [-0.4, -0.2) is 17.2 Å². The number of anilines is 1. The number of carbonyl (C=O) groups is 1. The van der Waals surface area contributed by atoms with Gasteiger partial charge in [0, 0.05) is 17.3 Å². The summed E-state index contributed by atoms with van der Waals surface area (Å²) in [6, 6.07) is 18.5. The molecule has 0 saturated heterocycles. The number of nitrogens with one attached hydrogen (secondary N) is 2. The summed E-state index contributed by atoms with van der Waals surface area (Å²) in [6.07, 6.45) is 1.45. The van der Waals surface area contributed by atoms with Gasteiger partial charge in [-0.15, -0.1) is 0 Å². The molecular formula is C18H14N4O3. The van der Waals surface area contributed by atoms with Gasteiger partial charge in [-0.05, 0) is 23.6 Å². The Bertz CT molecular complexity index is 955. The predicted molar refractivity (Wildman–Crippen MR) is 96.8 cm³/mol. The Balaban J connectivity index is 1.76. The van der Waals surface area contributed by atoms with Crippen molar-refractivity contribution in [1.82, 2.24) is 5.43 Å². The lowest BCUT2D eigenvalue weighted by Gasteiger charge is -2.04. The number of nitro groups is 1. The zero-order chi connectivity index (χ0) is 17.6. The monoisotopic (exact) mass is 334 g/mol. The van der Waals surface area contributed by atoms with Gasteiger partial charge >= 0.3 is 6.03 Å². The second-order valence-electron chi connectivity index (χ2n) is 5.17. The summed E-state index contributed by atoms with van der Waals surface area (Å²) in [5.41, 5.74) is 3.71. The van der Waals surface area contributed by atoms with Crippen molar-refractivity contribution in [2.24, 2.45) is 5.10 Å². The number of rotatable bonds is 4. The van der Waals surface area contributed by atoms with Gasteiger partial charge in [-0.1, -0.05) is 42.5 Å². The minimum absolute atomic E-state index is 0.0301. The van der Waals surface area contributed by atoms with Crippen molar-refractivity contribution in [2.75, 3.05) is 5.32 Å². The molecule has 7 nitrogen and oxygen atoms in total. The molecule has 0 fully saturated rings. The summed E-state index contributed by atoms with van der Waals surface area (Å²) in [7, 11) is 0. The van der Waals surface area contributed by atoms with Crippen LogP contribution in [0, 0.1) is 10.1 Å². The molecule has 0 aliphatic carbocycles. The Hall–Kier alpha value is -3.74. The molecular weight excluding hydrogens is 320 g/mol. The van der Waals surface area contributed by atoms with E-state index in [1.165, 1.54) is 12.3 Å². The summed E-state index contributed by atoms with van der Waals surface area (Å²) in [5.74, 6) is 0. The zero-order valence-electron chi connectivity index (χ0n) is 13.0. The average Bonchev–Trinajstić information content (AvgIpc) is 2.62. The lowest BCUT2D eigenvalue weighted by molar-refractivity contribution is -0.383. The molecule has 2 N–H and O–H groups in total. The van der Waals surface area contributed by atoms with Gasteiger partial charge in [-0.3, -0.25) is 10.1 Å². The van der Waals surface area contributed by atoms with Crippen molar-refractivity contribution in [3.05, 3.63) is 82.4 Å². The van der Waals surface area contributed by atoms with Gasteiger partial charge in [0.2, 0.25) is 0 Å². The van der Waals surface area contributed by atoms with E-state index >= 15 is 0 Å². The highest BCUT2D eigenvalue weighted by Crippen LogP contribution is 2.26. The molecule has 0 aliphatic heterocycles. The first-order valence-electron chi connectivity index (χ1n) is 7.46.